The molecular weight excluding hydrogens is 324 g/mol. The molecule has 2 aromatic rings. The largest absolute Gasteiger partial charge is 0.508 e. The van der Waals surface area contributed by atoms with Crippen molar-refractivity contribution in [3.8, 4) is 5.75 Å². The molecule has 5 nitrogen and oxygen atoms in total. The predicted octanol–water partition coefficient (Wildman–Crippen LogP) is 3.51. The van der Waals surface area contributed by atoms with Crippen molar-refractivity contribution in [1.82, 2.24) is 0 Å². The van der Waals surface area contributed by atoms with Crippen molar-refractivity contribution in [2.24, 2.45) is 0 Å². The Hall–Kier alpha value is -2.21. The molecule has 6 heteroatoms. The van der Waals surface area contributed by atoms with Crippen LogP contribution >= 0.6 is 0 Å². The Bertz CT molecular complexity index is 786. The van der Waals surface area contributed by atoms with Gasteiger partial charge in [-0.1, -0.05) is 18.2 Å². The van der Waals surface area contributed by atoms with Crippen molar-refractivity contribution in [3.63, 3.8) is 0 Å². The van der Waals surface area contributed by atoms with Gasteiger partial charge in [0.25, 0.3) is 0 Å². The maximum Gasteiger partial charge on any atom is 0.229 e. The first-order valence-electron chi connectivity index (χ1n) is 7.86. The van der Waals surface area contributed by atoms with Gasteiger partial charge < -0.3 is 10.4 Å². The van der Waals surface area contributed by atoms with Crippen LogP contribution in [0.5, 0.6) is 5.75 Å². The maximum absolute atomic E-state index is 11.4. The third kappa shape index (κ3) is 5.77. The highest BCUT2D eigenvalue weighted by Gasteiger charge is 2.08. The van der Waals surface area contributed by atoms with Crippen LogP contribution in [0, 0.1) is 6.92 Å². The van der Waals surface area contributed by atoms with Crippen molar-refractivity contribution in [2.75, 3.05) is 16.3 Å². The lowest BCUT2D eigenvalue weighted by Gasteiger charge is -2.17. The van der Waals surface area contributed by atoms with Gasteiger partial charge in [0, 0.05) is 11.7 Å². The number of aromatic hydroxyl groups is 1. The highest BCUT2D eigenvalue weighted by molar-refractivity contribution is 7.92. The van der Waals surface area contributed by atoms with Gasteiger partial charge in [0.1, 0.15) is 5.75 Å². The molecule has 0 aliphatic rings. The molecular formula is C18H24N2O3S. The number of hydrogen-bond acceptors (Lipinski definition) is 4. The van der Waals surface area contributed by atoms with Crippen LogP contribution in [0.4, 0.5) is 11.4 Å². The van der Waals surface area contributed by atoms with E-state index in [1.54, 1.807) is 12.1 Å². The van der Waals surface area contributed by atoms with Crippen LogP contribution in [0.25, 0.3) is 0 Å². The van der Waals surface area contributed by atoms with Crippen LogP contribution < -0.4 is 10.0 Å². The van der Waals surface area contributed by atoms with E-state index in [9.17, 15) is 13.5 Å². The van der Waals surface area contributed by atoms with E-state index in [-0.39, 0.29) is 11.8 Å². The van der Waals surface area contributed by atoms with Crippen LogP contribution in [0.2, 0.25) is 0 Å². The number of aryl methyl sites for hydroxylation is 2. The summed E-state index contributed by atoms with van der Waals surface area (Å²) in [5.41, 5.74) is 3.52. The Balaban J connectivity index is 1.97. The van der Waals surface area contributed by atoms with Crippen molar-refractivity contribution < 1.29 is 13.5 Å². The maximum atomic E-state index is 11.4. The van der Waals surface area contributed by atoms with E-state index in [4.69, 9.17) is 0 Å². The molecule has 1 unspecified atom stereocenters. The Morgan fingerprint density at radius 1 is 1.12 bits per heavy atom. The summed E-state index contributed by atoms with van der Waals surface area (Å²) in [5.74, 6) is 0.274. The summed E-state index contributed by atoms with van der Waals surface area (Å²) in [4.78, 5) is 0. The standard InChI is InChI=1S/C18H24N2O3S/c1-13-4-9-16(12-18(13)20-24(3,22)23)19-14(2)5-6-15-7-10-17(21)11-8-15/h4,7-12,14,19-21H,5-6H2,1-3H3. The van der Waals surface area contributed by atoms with Gasteiger partial charge in [-0.15, -0.1) is 0 Å². The van der Waals surface area contributed by atoms with Gasteiger partial charge in [-0.25, -0.2) is 8.42 Å². The fourth-order valence-corrected chi connectivity index (χ4v) is 3.04. The van der Waals surface area contributed by atoms with E-state index in [1.165, 1.54) is 5.56 Å². The van der Waals surface area contributed by atoms with E-state index in [0.29, 0.717) is 5.69 Å². The normalized spacial score (nSPS) is 12.6. The minimum Gasteiger partial charge on any atom is -0.508 e. The third-order valence-corrected chi connectivity index (χ3v) is 4.34. The Kier molecular flexibility index (Phi) is 5.72. The molecule has 0 aliphatic heterocycles. The summed E-state index contributed by atoms with van der Waals surface area (Å²) in [7, 11) is -3.29. The van der Waals surface area contributed by atoms with Gasteiger partial charge in [0.05, 0.1) is 11.9 Å². The number of hydrogen-bond donors (Lipinski definition) is 3. The number of phenolic OH excluding ortho intramolecular Hbond substituents is 1. The molecule has 0 fully saturated rings. The molecule has 0 spiro atoms. The van der Waals surface area contributed by atoms with E-state index < -0.39 is 10.0 Å². The molecule has 130 valence electrons. The second-order valence-electron chi connectivity index (χ2n) is 6.15. The molecule has 0 saturated heterocycles. The molecule has 0 amide bonds. The predicted molar refractivity (Wildman–Crippen MR) is 99.2 cm³/mol. The van der Waals surface area contributed by atoms with Crippen molar-refractivity contribution >= 4 is 21.4 Å². The summed E-state index contributed by atoms with van der Waals surface area (Å²) >= 11 is 0. The molecule has 0 heterocycles. The molecule has 0 aromatic heterocycles. The van der Waals surface area contributed by atoms with Gasteiger partial charge >= 0.3 is 0 Å². The molecule has 24 heavy (non-hydrogen) atoms. The number of rotatable bonds is 7. The third-order valence-electron chi connectivity index (χ3n) is 3.75. The zero-order valence-corrected chi connectivity index (χ0v) is 15.0. The van der Waals surface area contributed by atoms with Gasteiger partial charge in [0.2, 0.25) is 10.0 Å². The Morgan fingerprint density at radius 3 is 2.42 bits per heavy atom. The average Bonchev–Trinajstić information content (AvgIpc) is 2.49. The molecule has 2 aromatic carbocycles. The lowest BCUT2D eigenvalue weighted by atomic mass is 10.1. The van der Waals surface area contributed by atoms with Crippen molar-refractivity contribution in [3.05, 3.63) is 53.6 Å². The zero-order chi connectivity index (χ0) is 17.7. The number of sulfonamides is 1. The van der Waals surface area contributed by atoms with Gasteiger partial charge in [-0.05, 0) is 62.1 Å². The highest BCUT2D eigenvalue weighted by Crippen LogP contribution is 2.22. The minimum atomic E-state index is -3.29. The Labute approximate surface area is 143 Å². The first-order valence-corrected chi connectivity index (χ1v) is 9.75. The summed E-state index contributed by atoms with van der Waals surface area (Å²) in [6, 6.07) is 13.1. The summed E-state index contributed by atoms with van der Waals surface area (Å²) in [6.45, 7) is 3.95. The lowest BCUT2D eigenvalue weighted by Crippen LogP contribution is -2.16. The van der Waals surface area contributed by atoms with E-state index >= 15 is 0 Å². The van der Waals surface area contributed by atoms with Crippen molar-refractivity contribution in [1.29, 1.82) is 0 Å². The summed E-state index contributed by atoms with van der Waals surface area (Å²) < 4.78 is 25.4. The number of nitrogens with one attached hydrogen (secondary N) is 2. The molecule has 0 aliphatic carbocycles. The second kappa shape index (κ2) is 7.57. The Morgan fingerprint density at radius 2 is 1.79 bits per heavy atom. The topological polar surface area (TPSA) is 78.4 Å². The van der Waals surface area contributed by atoms with Gasteiger partial charge in [-0.3, -0.25) is 4.72 Å². The highest BCUT2D eigenvalue weighted by atomic mass is 32.2. The van der Waals surface area contributed by atoms with Crippen molar-refractivity contribution in [2.45, 2.75) is 32.7 Å². The lowest BCUT2D eigenvalue weighted by molar-refractivity contribution is 0.475. The fourth-order valence-electron chi connectivity index (χ4n) is 2.42. The SMILES string of the molecule is Cc1ccc(NC(C)CCc2ccc(O)cc2)cc1NS(C)(=O)=O. The van der Waals surface area contributed by atoms with Crippen LogP contribution in [0.3, 0.4) is 0 Å². The first-order chi connectivity index (χ1) is 11.2. The number of anilines is 2. The van der Waals surface area contributed by atoms with Gasteiger partial charge in [-0.2, -0.15) is 0 Å². The van der Waals surface area contributed by atoms with Crippen LogP contribution in [0.15, 0.2) is 42.5 Å². The van der Waals surface area contributed by atoms with Crippen LogP contribution in [0.1, 0.15) is 24.5 Å². The summed E-state index contributed by atoms with van der Waals surface area (Å²) in [5, 5.41) is 12.7. The monoisotopic (exact) mass is 348 g/mol. The number of phenols is 1. The molecule has 3 N–H and O–H groups in total. The summed E-state index contributed by atoms with van der Waals surface area (Å²) in [6.07, 6.45) is 2.97. The fraction of sp³-hybridized carbons (Fsp3) is 0.333. The number of benzene rings is 2. The molecule has 2 rings (SSSR count). The van der Waals surface area contributed by atoms with E-state index in [1.807, 2.05) is 37.3 Å². The van der Waals surface area contributed by atoms with E-state index in [2.05, 4.69) is 17.0 Å². The average molecular weight is 348 g/mol. The van der Waals surface area contributed by atoms with E-state index in [0.717, 1.165) is 30.3 Å². The molecule has 0 bridgehead atoms. The quantitative estimate of drug-likeness (QED) is 0.715. The second-order valence-corrected chi connectivity index (χ2v) is 7.90. The zero-order valence-electron chi connectivity index (χ0n) is 14.2. The molecule has 0 saturated carbocycles. The van der Waals surface area contributed by atoms with Crippen LogP contribution in [-0.4, -0.2) is 25.8 Å². The van der Waals surface area contributed by atoms with Crippen LogP contribution in [-0.2, 0) is 16.4 Å². The minimum absolute atomic E-state index is 0.229. The first kappa shape index (κ1) is 18.1. The van der Waals surface area contributed by atoms with Gasteiger partial charge in [0.15, 0.2) is 0 Å². The molecule has 1 atom stereocenters. The smallest absolute Gasteiger partial charge is 0.229 e. The molecule has 0 radical (unpaired) electrons.